The van der Waals surface area contributed by atoms with Crippen molar-refractivity contribution in [2.24, 2.45) is 11.8 Å². The smallest absolute Gasteiger partial charge is 0.235 e. The van der Waals surface area contributed by atoms with Gasteiger partial charge < -0.3 is 30.0 Å². The number of aliphatic hydroxyl groups is 1. The number of benzene rings is 4. The molecule has 4 aromatic rings. The number of ether oxygens (including phenoxy) is 3. The predicted molar refractivity (Wildman–Crippen MR) is 185 cm³/mol. The molecule has 0 heterocycles. The van der Waals surface area contributed by atoms with Gasteiger partial charge in [-0.05, 0) is 68.8 Å². The summed E-state index contributed by atoms with van der Waals surface area (Å²) >= 11 is 6.29. The molecule has 0 aliphatic heterocycles. The summed E-state index contributed by atoms with van der Waals surface area (Å²) in [6.07, 6.45) is -0.404. The molecule has 2 amide bonds. The summed E-state index contributed by atoms with van der Waals surface area (Å²) < 4.78 is 17.4. The van der Waals surface area contributed by atoms with E-state index in [-0.39, 0.29) is 6.61 Å². The zero-order valence-electron chi connectivity index (χ0n) is 27.1. The summed E-state index contributed by atoms with van der Waals surface area (Å²) in [5, 5.41) is 18.1. The summed E-state index contributed by atoms with van der Waals surface area (Å²) in [4.78, 5) is 42.1. The van der Waals surface area contributed by atoms with Gasteiger partial charge in [-0.2, -0.15) is 0 Å². The number of rotatable bonds is 12. The molecule has 0 aromatic heterocycles. The van der Waals surface area contributed by atoms with Crippen molar-refractivity contribution in [1.82, 2.24) is 0 Å². The average molecular weight is 671 g/mol. The van der Waals surface area contributed by atoms with Crippen LogP contribution in [0.5, 0.6) is 17.2 Å². The zero-order valence-corrected chi connectivity index (χ0v) is 27.8. The molecule has 10 heteroatoms. The Bertz CT molecular complexity index is 1760. The van der Waals surface area contributed by atoms with Crippen LogP contribution >= 0.6 is 11.6 Å². The van der Waals surface area contributed by atoms with Crippen molar-refractivity contribution in [3.8, 4) is 17.2 Å². The molecule has 1 aliphatic carbocycles. The number of Topliss-reactive ketones (excluding diaryl/α,β-unsaturated/α-hetero) is 1. The number of hydrogen-bond donors (Lipinski definition) is 3. The predicted octanol–water partition coefficient (Wildman–Crippen LogP) is 7.03. The first-order valence-electron chi connectivity index (χ1n) is 15.9. The maximum atomic E-state index is 14.2. The monoisotopic (exact) mass is 670 g/mol. The van der Waals surface area contributed by atoms with Crippen molar-refractivity contribution >= 4 is 40.6 Å². The molecule has 3 N–H and O–H groups in total. The SMILES string of the molecule is CCOc1ccccc1NC(=O)C1C(=O)CC(C)(O)C(C(=O)Nc2ccccc2OCC)C1c1ccc(OCc2ccccc2Cl)cc1. The molecule has 48 heavy (non-hydrogen) atoms. The Morgan fingerprint density at radius 3 is 1.92 bits per heavy atom. The van der Waals surface area contributed by atoms with Crippen LogP contribution in [0.15, 0.2) is 97.1 Å². The van der Waals surface area contributed by atoms with Crippen LogP contribution in [0.1, 0.15) is 44.2 Å². The summed E-state index contributed by atoms with van der Waals surface area (Å²) in [7, 11) is 0. The second-order valence-corrected chi connectivity index (χ2v) is 12.2. The van der Waals surface area contributed by atoms with Crippen molar-refractivity contribution in [1.29, 1.82) is 0 Å². The number of amides is 2. The first-order valence-corrected chi connectivity index (χ1v) is 16.3. The fourth-order valence-electron chi connectivity index (χ4n) is 6.18. The van der Waals surface area contributed by atoms with Gasteiger partial charge in [-0.15, -0.1) is 0 Å². The largest absolute Gasteiger partial charge is 0.492 e. The van der Waals surface area contributed by atoms with E-state index in [1.54, 1.807) is 78.9 Å². The lowest BCUT2D eigenvalue weighted by atomic mass is 9.61. The Hall–Kier alpha value is -4.86. The van der Waals surface area contributed by atoms with Gasteiger partial charge in [0.1, 0.15) is 35.6 Å². The van der Waals surface area contributed by atoms with Gasteiger partial charge in [0.25, 0.3) is 0 Å². The third-order valence-corrected chi connectivity index (χ3v) is 8.71. The summed E-state index contributed by atoms with van der Waals surface area (Å²) in [5.74, 6) is -3.81. The summed E-state index contributed by atoms with van der Waals surface area (Å²) in [5.41, 5.74) is 0.329. The molecule has 0 spiro atoms. The van der Waals surface area contributed by atoms with Crippen LogP contribution < -0.4 is 24.8 Å². The van der Waals surface area contributed by atoms with Gasteiger partial charge in [0, 0.05) is 22.9 Å². The van der Waals surface area contributed by atoms with Gasteiger partial charge in [-0.1, -0.05) is 66.2 Å². The fourth-order valence-corrected chi connectivity index (χ4v) is 6.37. The van der Waals surface area contributed by atoms with Crippen molar-refractivity contribution in [3.63, 3.8) is 0 Å². The summed E-state index contributed by atoms with van der Waals surface area (Å²) in [6.45, 7) is 6.09. The third-order valence-electron chi connectivity index (χ3n) is 8.34. The Kier molecular flexibility index (Phi) is 11.0. The van der Waals surface area contributed by atoms with E-state index in [4.69, 9.17) is 25.8 Å². The van der Waals surface area contributed by atoms with Gasteiger partial charge in [-0.25, -0.2) is 0 Å². The minimum Gasteiger partial charge on any atom is -0.492 e. The van der Waals surface area contributed by atoms with E-state index < -0.39 is 47.4 Å². The van der Waals surface area contributed by atoms with Gasteiger partial charge in [0.2, 0.25) is 11.8 Å². The number of anilines is 2. The van der Waals surface area contributed by atoms with E-state index in [0.717, 1.165) is 5.56 Å². The van der Waals surface area contributed by atoms with Gasteiger partial charge in [0.15, 0.2) is 0 Å². The van der Waals surface area contributed by atoms with Crippen molar-refractivity contribution in [3.05, 3.63) is 113 Å². The van der Waals surface area contributed by atoms with Crippen LogP contribution in [0.4, 0.5) is 11.4 Å². The number of halogens is 1. The number of ketones is 1. The van der Waals surface area contributed by atoms with Crippen molar-refractivity contribution < 1.29 is 33.7 Å². The molecule has 5 rings (SSSR count). The Labute approximate surface area is 285 Å². The highest BCUT2D eigenvalue weighted by Gasteiger charge is 2.56. The van der Waals surface area contributed by atoms with E-state index in [2.05, 4.69) is 10.6 Å². The average Bonchev–Trinajstić information content (AvgIpc) is 3.06. The maximum Gasteiger partial charge on any atom is 0.235 e. The van der Waals surface area contributed by atoms with E-state index in [1.807, 2.05) is 32.0 Å². The normalized spacial score (nSPS) is 20.4. The van der Waals surface area contributed by atoms with Gasteiger partial charge in [-0.3, -0.25) is 14.4 Å². The third kappa shape index (κ3) is 7.81. The highest BCUT2D eigenvalue weighted by molar-refractivity contribution is 6.31. The molecular formula is C38H39ClN2O7. The minimum atomic E-state index is -1.79. The van der Waals surface area contributed by atoms with Crippen molar-refractivity contribution in [2.45, 2.75) is 45.3 Å². The lowest BCUT2D eigenvalue weighted by molar-refractivity contribution is -0.150. The van der Waals surface area contributed by atoms with E-state index in [1.165, 1.54) is 6.92 Å². The van der Waals surface area contributed by atoms with E-state index >= 15 is 0 Å². The number of nitrogens with one attached hydrogen (secondary N) is 2. The molecule has 0 radical (unpaired) electrons. The topological polar surface area (TPSA) is 123 Å². The molecule has 1 aliphatic rings. The van der Waals surface area contributed by atoms with Crippen LogP contribution in [0.3, 0.4) is 0 Å². The second kappa shape index (κ2) is 15.4. The first kappa shape index (κ1) is 34.5. The van der Waals surface area contributed by atoms with E-state index in [9.17, 15) is 19.5 Å². The highest BCUT2D eigenvalue weighted by Crippen LogP contribution is 2.47. The standard InChI is InChI=1S/C38H39ClN2O7/c1-4-46-31-16-10-8-14-28(31)40-36(43)34-30(42)22-38(3,45)35(37(44)41-29-15-9-11-17-32(29)47-5-2)33(34)24-18-20-26(21-19-24)48-23-25-12-6-7-13-27(25)39/h6-21,33-35,45H,4-5,22-23H2,1-3H3,(H,40,43)(H,41,44). The molecule has 250 valence electrons. The molecule has 1 saturated carbocycles. The van der Waals surface area contributed by atoms with Crippen molar-refractivity contribution in [2.75, 3.05) is 23.8 Å². The molecular weight excluding hydrogens is 632 g/mol. The van der Waals surface area contributed by atoms with Crippen LogP contribution in [0.25, 0.3) is 0 Å². The van der Waals surface area contributed by atoms with Crippen LogP contribution in [0.2, 0.25) is 5.02 Å². The molecule has 1 fully saturated rings. The second-order valence-electron chi connectivity index (χ2n) is 11.8. The molecule has 0 saturated heterocycles. The number of carbonyl (C=O) groups is 3. The van der Waals surface area contributed by atoms with Crippen LogP contribution in [-0.2, 0) is 21.0 Å². The van der Waals surface area contributed by atoms with E-state index in [0.29, 0.717) is 52.4 Å². The fraction of sp³-hybridized carbons (Fsp3) is 0.289. The molecule has 0 bridgehead atoms. The quantitative estimate of drug-likeness (QED) is 0.138. The first-order chi connectivity index (χ1) is 23.1. The number of para-hydroxylation sites is 4. The Morgan fingerprint density at radius 2 is 1.33 bits per heavy atom. The van der Waals surface area contributed by atoms with Gasteiger partial charge >= 0.3 is 0 Å². The van der Waals surface area contributed by atoms with Crippen LogP contribution in [0, 0.1) is 11.8 Å². The Balaban J connectivity index is 1.52. The zero-order chi connectivity index (χ0) is 34.3. The molecule has 4 aromatic carbocycles. The number of carbonyl (C=O) groups excluding carboxylic acids is 3. The number of hydrogen-bond acceptors (Lipinski definition) is 7. The lowest BCUT2D eigenvalue weighted by Crippen LogP contribution is -2.56. The van der Waals surface area contributed by atoms with Gasteiger partial charge in [0.05, 0.1) is 36.1 Å². The molecule has 4 unspecified atom stereocenters. The Morgan fingerprint density at radius 1 is 0.792 bits per heavy atom. The highest BCUT2D eigenvalue weighted by atomic mass is 35.5. The molecule has 9 nitrogen and oxygen atoms in total. The minimum absolute atomic E-state index is 0.226. The summed E-state index contributed by atoms with van der Waals surface area (Å²) in [6, 6.07) is 28.1. The maximum absolute atomic E-state index is 14.2. The molecule has 4 atom stereocenters. The van der Waals surface area contributed by atoms with Crippen LogP contribution in [-0.4, -0.2) is 41.5 Å². The lowest BCUT2D eigenvalue weighted by Gasteiger charge is -2.44.